The maximum absolute atomic E-state index is 5.89. The second-order valence-corrected chi connectivity index (χ2v) is 6.03. The van der Waals surface area contributed by atoms with Gasteiger partial charge in [-0.2, -0.15) is 5.10 Å². The lowest BCUT2D eigenvalue weighted by atomic mass is 10.1. The van der Waals surface area contributed by atoms with Crippen LogP contribution in [0.25, 0.3) is 11.5 Å². The molecule has 0 aliphatic rings. The zero-order valence-electron chi connectivity index (χ0n) is 13.8. The Morgan fingerprint density at radius 2 is 2.09 bits per heavy atom. The lowest BCUT2D eigenvalue weighted by Gasteiger charge is -2.23. The van der Waals surface area contributed by atoms with Crippen LogP contribution in [0.5, 0.6) is 0 Å². The van der Waals surface area contributed by atoms with Crippen LogP contribution >= 0.6 is 0 Å². The average Bonchev–Trinajstić information content (AvgIpc) is 3.17. The summed E-state index contributed by atoms with van der Waals surface area (Å²) in [6, 6.07) is 10.4. The second-order valence-electron chi connectivity index (χ2n) is 6.03. The largest absolute Gasteiger partial charge is 0.458 e. The van der Waals surface area contributed by atoms with Crippen LogP contribution in [0, 0.1) is 6.92 Å². The molecule has 0 radical (unpaired) electrons. The second kappa shape index (κ2) is 6.79. The molecule has 1 N–H and O–H groups in total. The van der Waals surface area contributed by atoms with Crippen molar-refractivity contribution in [3.05, 3.63) is 59.7 Å². The number of furan rings is 1. The lowest BCUT2D eigenvalue weighted by molar-refractivity contribution is 0.228. The molecule has 0 amide bonds. The van der Waals surface area contributed by atoms with Crippen LogP contribution in [-0.2, 0) is 13.0 Å². The SMILES string of the molecule is Cc1ccnc(CC(C)N(C)Cc2ccc(-c3ccn[nH]3)o2)c1. The molecule has 23 heavy (non-hydrogen) atoms. The minimum atomic E-state index is 0.380. The van der Waals surface area contributed by atoms with Gasteiger partial charge in [0.05, 0.1) is 6.54 Å². The number of rotatable bonds is 6. The standard InChI is InChI=1S/C18H22N4O/c1-13-6-8-19-15(10-13)11-14(2)22(3)12-16-4-5-18(23-16)17-7-9-20-21-17/h4-10,14H,11-12H2,1-3H3,(H,20,21). The summed E-state index contributed by atoms with van der Waals surface area (Å²) in [5.41, 5.74) is 3.28. The Labute approximate surface area is 136 Å². The first-order valence-corrected chi connectivity index (χ1v) is 7.82. The van der Waals surface area contributed by atoms with E-state index in [2.05, 4.69) is 47.0 Å². The van der Waals surface area contributed by atoms with Crippen molar-refractivity contribution in [3.63, 3.8) is 0 Å². The molecule has 0 aliphatic heterocycles. The average molecular weight is 310 g/mol. The summed E-state index contributed by atoms with van der Waals surface area (Å²) < 4.78 is 5.89. The molecule has 1 unspecified atom stereocenters. The van der Waals surface area contributed by atoms with Gasteiger partial charge in [-0.1, -0.05) is 0 Å². The molecule has 120 valence electrons. The predicted molar refractivity (Wildman–Crippen MR) is 89.9 cm³/mol. The minimum Gasteiger partial charge on any atom is -0.458 e. The van der Waals surface area contributed by atoms with Crippen molar-refractivity contribution >= 4 is 0 Å². The van der Waals surface area contributed by atoms with Crippen LogP contribution in [-0.4, -0.2) is 33.2 Å². The van der Waals surface area contributed by atoms with Gasteiger partial charge >= 0.3 is 0 Å². The van der Waals surface area contributed by atoms with Crippen molar-refractivity contribution in [2.75, 3.05) is 7.05 Å². The molecule has 5 nitrogen and oxygen atoms in total. The molecule has 0 aliphatic carbocycles. The van der Waals surface area contributed by atoms with Gasteiger partial charge in [-0.3, -0.25) is 15.0 Å². The van der Waals surface area contributed by atoms with Crippen LogP contribution in [0.2, 0.25) is 0 Å². The van der Waals surface area contributed by atoms with Gasteiger partial charge in [-0.05, 0) is 56.8 Å². The van der Waals surface area contributed by atoms with Gasteiger partial charge in [-0.25, -0.2) is 0 Å². The Bertz CT molecular complexity index is 748. The Morgan fingerprint density at radius 1 is 1.22 bits per heavy atom. The highest BCUT2D eigenvalue weighted by atomic mass is 16.3. The number of nitrogens with one attached hydrogen (secondary N) is 1. The summed E-state index contributed by atoms with van der Waals surface area (Å²) in [7, 11) is 2.11. The zero-order valence-corrected chi connectivity index (χ0v) is 13.8. The van der Waals surface area contributed by atoms with E-state index in [4.69, 9.17) is 4.42 Å². The van der Waals surface area contributed by atoms with Gasteiger partial charge in [0, 0.05) is 30.6 Å². The molecule has 3 rings (SSSR count). The summed E-state index contributed by atoms with van der Waals surface area (Å²) in [6.45, 7) is 5.07. The predicted octanol–water partition coefficient (Wildman–Crippen LogP) is 3.44. The molecule has 0 aromatic carbocycles. The molecule has 0 bridgehead atoms. The van der Waals surface area contributed by atoms with Crippen molar-refractivity contribution in [1.29, 1.82) is 0 Å². The van der Waals surface area contributed by atoms with E-state index >= 15 is 0 Å². The smallest absolute Gasteiger partial charge is 0.152 e. The Kier molecular flexibility index (Phi) is 4.57. The van der Waals surface area contributed by atoms with Gasteiger partial charge in [0.1, 0.15) is 11.5 Å². The highest BCUT2D eigenvalue weighted by molar-refractivity contribution is 5.51. The summed E-state index contributed by atoms with van der Waals surface area (Å²) in [6.07, 6.45) is 4.52. The molecule has 3 aromatic rings. The summed E-state index contributed by atoms with van der Waals surface area (Å²) in [5.74, 6) is 1.76. The van der Waals surface area contributed by atoms with E-state index in [1.165, 1.54) is 5.56 Å². The Morgan fingerprint density at radius 3 is 2.83 bits per heavy atom. The number of H-pyrrole nitrogens is 1. The van der Waals surface area contributed by atoms with Gasteiger partial charge < -0.3 is 4.42 Å². The number of nitrogens with zero attached hydrogens (tertiary/aromatic N) is 3. The molecule has 0 fully saturated rings. The van der Waals surface area contributed by atoms with Crippen molar-refractivity contribution < 1.29 is 4.42 Å². The van der Waals surface area contributed by atoms with Crippen LogP contribution in [0.4, 0.5) is 0 Å². The maximum Gasteiger partial charge on any atom is 0.152 e. The third-order valence-electron chi connectivity index (χ3n) is 4.06. The zero-order chi connectivity index (χ0) is 16.2. The summed E-state index contributed by atoms with van der Waals surface area (Å²) in [4.78, 5) is 6.72. The molecular formula is C18H22N4O. The van der Waals surface area contributed by atoms with Crippen molar-refractivity contribution in [3.8, 4) is 11.5 Å². The third kappa shape index (κ3) is 3.87. The van der Waals surface area contributed by atoms with Crippen LogP contribution in [0.3, 0.4) is 0 Å². The number of aromatic nitrogens is 3. The number of aryl methyl sites for hydroxylation is 1. The van der Waals surface area contributed by atoms with Gasteiger partial charge in [0.15, 0.2) is 5.76 Å². The fourth-order valence-corrected chi connectivity index (χ4v) is 2.57. The fourth-order valence-electron chi connectivity index (χ4n) is 2.57. The molecule has 3 heterocycles. The first-order chi connectivity index (χ1) is 11.1. The summed E-state index contributed by atoms with van der Waals surface area (Å²) >= 11 is 0. The molecule has 3 aromatic heterocycles. The number of aromatic amines is 1. The number of hydrogen-bond donors (Lipinski definition) is 1. The Hall–Kier alpha value is -2.40. The minimum absolute atomic E-state index is 0.380. The third-order valence-corrected chi connectivity index (χ3v) is 4.06. The Balaban J connectivity index is 1.61. The highest BCUT2D eigenvalue weighted by Gasteiger charge is 2.14. The number of likely N-dealkylation sites (N-methyl/N-ethyl adjacent to an activating group) is 1. The lowest BCUT2D eigenvalue weighted by Crippen LogP contribution is -2.30. The van der Waals surface area contributed by atoms with E-state index in [1.807, 2.05) is 30.5 Å². The van der Waals surface area contributed by atoms with E-state index < -0.39 is 0 Å². The number of hydrogen-bond acceptors (Lipinski definition) is 4. The molecule has 0 saturated heterocycles. The molecule has 1 atom stereocenters. The first-order valence-electron chi connectivity index (χ1n) is 7.82. The molecular weight excluding hydrogens is 288 g/mol. The summed E-state index contributed by atoms with van der Waals surface area (Å²) in [5, 5.41) is 6.86. The van der Waals surface area contributed by atoms with E-state index in [9.17, 15) is 0 Å². The van der Waals surface area contributed by atoms with Crippen LogP contribution in [0.1, 0.15) is 23.9 Å². The topological polar surface area (TPSA) is 58.0 Å². The fraction of sp³-hybridized carbons (Fsp3) is 0.333. The highest BCUT2D eigenvalue weighted by Crippen LogP contribution is 2.21. The van der Waals surface area contributed by atoms with E-state index in [-0.39, 0.29) is 0 Å². The van der Waals surface area contributed by atoms with Gasteiger partial charge in [-0.15, -0.1) is 0 Å². The monoisotopic (exact) mass is 310 g/mol. The molecule has 0 saturated carbocycles. The quantitative estimate of drug-likeness (QED) is 0.758. The van der Waals surface area contributed by atoms with Crippen molar-refractivity contribution in [1.82, 2.24) is 20.1 Å². The maximum atomic E-state index is 5.89. The number of pyridine rings is 1. The van der Waals surface area contributed by atoms with Crippen LogP contribution < -0.4 is 0 Å². The van der Waals surface area contributed by atoms with E-state index in [0.717, 1.165) is 35.9 Å². The van der Waals surface area contributed by atoms with E-state index in [1.54, 1.807) is 6.20 Å². The van der Waals surface area contributed by atoms with Crippen molar-refractivity contribution in [2.45, 2.75) is 32.9 Å². The van der Waals surface area contributed by atoms with Crippen molar-refractivity contribution in [2.24, 2.45) is 0 Å². The van der Waals surface area contributed by atoms with Crippen LogP contribution in [0.15, 0.2) is 47.1 Å². The van der Waals surface area contributed by atoms with E-state index in [0.29, 0.717) is 6.04 Å². The normalized spacial score (nSPS) is 12.7. The van der Waals surface area contributed by atoms with Gasteiger partial charge in [0.25, 0.3) is 0 Å². The molecule has 5 heteroatoms. The molecule has 0 spiro atoms. The van der Waals surface area contributed by atoms with Gasteiger partial charge in [0.2, 0.25) is 0 Å². The first kappa shape index (κ1) is 15.5.